The van der Waals surface area contributed by atoms with Gasteiger partial charge in [-0.3, -0.25) is 10.1 Å². The summed E-state index contributed by atoms with van der Waals surface area (Å²) < 4.78 is 49.4. The molecule has 2 aromatic carbocycles. The lowest BCUT2D eigenvalue weighted by Gasteiger charge is -2.04. The van der Waals surface area contributed by atoms with Gasteiger partial charge < -0.3 is 0 Å². The van der Waals surface area contributed by atoms with Crippen molar-refractivity contribution in [3.63, 3.8) is 0 Å². The highest BCUT2D eigenvalue weighted by molar-refractivity contribution is 7.90. The van der Waals surface area contributed by atoms with E-state index in [1.807, 2.05) is 0 Å². The Hall–Kier alpha value is -2.65. The number of carbonyl (C=O) groups excluding carboxylic acids is 1. The Kier molecular flexibility index (Phi) is 5.33. The standard InChI is InChI=1S/C18H14F2N2O3S2/c1-27(24,25)14-4-2-3-12(9-14)17(23)22-18-21-10-13(26-18)7-11-5-6-15(19)16(20)8-11/h2-6,8-10H,7H2,1H3,(H,21,22,23). The number of hydrogen-bond donors (Lipinski definition) is 1. The van der Waals surface area contributed by atoms with Crippen LogP contribution in [-0.4, -0.2) is 25.6 Å². The van der Waals surface area contributed by atoms with E-state index in [-0.39, 0.29) is 10.5 Å². The lowest BCUT2D eigenvalue weighted by atomic mass is 10.1. The van der Waals surface area contributed by atoms with Gasteiger partial charge in [0, 0.05) is 29.3 Å². The molecular weight excluding hydrogens is 394 g/mol. The largest absolute Gasteiger partial charge is 0.298 e. The fourth-order valence-electron chi connectivity index (χ4n) is 2.34. The Morgan fingerprint density at radius 1 is 1.15 bits per heavy atom. The molecule has 0 saturated heterocycles. The molecule has 0 radical (unpaired) electrons. The van der Waals surface area contributed by atoms with E-state index < -0.39 is 27.4 Å². The first-order valence-electron chi connectivity index (χ1n) is 7.72. The summed E-state index contributed by atoms with van der Waals surface area (Å²) in [5.74, 6) is -2.32. The second-order valence-corrected chi connectivity index (χ2v) is 8.94. The summed E-state index contributed by atoms with van der Waals surface area (Å²) >= 11 is 1.19. The predicted octanol–water partition coefficient (Wildman–Crippen LogP) is 3.67. The van der Waals surface area contributed by atoms with Gasteiger partial charge >= 0.3 is 0 Å². The van der Waals surface area contributed by atoms with Crippen LogP contribution in [0.15, 0.2) is 53.6 Å². The Morgan fingerprint density at radius 2 is 1.93 bits per heavy atom. The first kappa shape index (κ1) is 19.1. The van der Waals surface area contributed by atoms with E-state index in [2.05, 4.69) is 10.3 Å². The van der Waals surface area contributed by atoms with Crippen LogP contribution in [0.2, 0.25) is 0 Å². The van der Waals surface area contributed by atoms with Crippen molar-refractivity contribution in [1.82, 2.24) is 4.98 Å². The van der Waals surface area contributed by atoms with Crippen LogP contribution in [0.5, 0.6) is 0 Å². The minimum absolute atomic E-state index is 0.0494. The normalized spacial score (nSPS) is 11.4. The van der Waals surface area contributed by atoms with E-state index in [4.69, 9.17) is 0 Å². The SMILES string of the molecule is CS(=O)(=O)c1cccc(C(=O)Nc2ncc(Cc3ccc(F)c(F)c3)s2)c1. The van der Waals surface area contributed by atoms with Gasteiger partial charge in [0.25, 0.3) is 5.91 Å². The van der Waals surface area contributed by atoms with E-state index >= 15 is 0 Å². The average Bonchev–Trinajstić information content (AvgIpc) is 3.04. The lowest BCUT2D eigenvalue weighted by molar-refractivity contribution is 0.102. The van der Waals surface area contributed by atoms with E-state index in [0.29, 0.717) is 17.1 Å². The van der Waals surface area contributed by atoms with E-state index in [1.165, 1.54) is 47.9 Å². The van der Waals surface area contributed by atoms with Crippen molar-refractivity contribution < 1.29 is 22.0 Å². The summed E-state index contributed by atoms with van der Waals surface area (Å²) in [5.41, 5.74) is 0.770. The van der Waals surface area contributed by atoms with Gasteiger partial charge in [-0.2, -0.15) is 0 Å². The van der Waals surface area contributed by atoms with Crippen LogP contribution >= 0.6 is 11.3 Å². The summed E-state index contributed by atoms with van der Waals surface area (Å²) in [4.78, 5) is 17.2. The minimum Gasteiger partial charge on any atom is -0.298 e. The number of carbonyl (C=O) groups is 1. The quantitative estimate of drug-likeness (QED) is 0.699. The third kappa shape index (κ3) is 4.75. The van der Waals surface area contributed by atoms with Gasteiger partial charge in [0.2, 0.25) is 0 Å². The maximum atomic E-state index is 13.3. The van der Waals surface area contributed by atoms with Crippen LogP contribution in [-0.2, 0) is 16.3 Å². The third-order valence-electron chi connectivity index (χ3n) is 3.66. The van der Waals surface area contributed by atoms with E-state index in [9.17, 15) is 22.0 Å². The maximum Gasteiger partial charge on any atom is 0.257 e. The topological polar surface area (TPSA) is 76.1 Å². The number of benzene rings is 2. The lowest BCUT2D eigenvalue weighted by Crippen LogP contribution is -2.12. The molecule has 3 aromatic rings. The second kappa shape index (κ2) is 7.53. The highest BCUT2D eigenvalue weighted by Gasteiger charge is 2.13. The summed E-state index contributed by atoms with van der Waals surface area (Å²) in [7, 11) is -3.42. The Morgan fingerprint density at radius 3 is 2.63 bits per heavy atom. The van der Waals surface area contributed by atoms with Gasteiger partial charge in [0.15, 0.2) is 26.6 Å². The van der Waals surface area contributed by atoms with Crippen molar-refractivity contribution >= 4 is 32.2 Å². The average molecular weight is 408 g/mol. The number of aromatic nitrogens is 1. The number of thiazole rings is 1. The molecule has 0 spiro atoms. The Balaban J connectivity index is 1.72. The number of hydrogen-bond acceptors (Lipinski definition) is 5. The predicted molar refractivity (Wildman–Crippen MR) is 98.8 cm³/mol. The molecule has 0 fully saturated rings. The van der Waals surface area contributed by atoms with Crippen LogP contribution < -0.4 is 5.32 Å². The third-order valence-corrected chi connectivity index (χ3v) is 5.68. The van der Waals surface area contributed by atoms with Gasteiger partial charge in [-0.05, 0) is 35.9 Å². The zero-order valence-corrected chi connectivity index (χ0v) is 15.7. The number of anilines is 1. The molecular formula is C18H14F2N2O3S2. The van der Waals surface area contributed by atoms with Crippen molar-refractivity contribution in [2.45, 2.75) is 11.3 Å². The molecule has 1 aromatic heterocycles. The fraction of sp³-hybridized carbons (Fsp3) is 0.111. The molecule has 0 aliphatic heterocycles. The minimum atomic E-state index is -3.42. The summed E-state index contributed by atoms with van der Waals surface area (Å²) in [6.45, 7) is 0. The zero-order valence-electron chi connectivity index (χ0n) is 14.1. The first-order valence-corrected chi connectivity index (χ1v) is 10.4. The molecule has 5 nitrogen and oxygen atoms in total. The molecule has 1 amide bonds. The number of amides is 1. The molecule has 0 aliphatic rings. The smallest absolute Gasteiger partial charge is 0.257 e. The molecule has 0 unspecified atom stereocenters. The van der Waals surface area contributed by atoms with Gasteiger partial charge in [-0.15, -0.1) is 11.3 Å². The van der Waals surface area contributed by atoms with Crippen molar-refractivity contribution in [1.29, 1.82) is 0 Å². The van der Waals surface area contributed by atoms with Crippen LogP contribution in [0.4, 0.5) is 13.9 Å². The molecule has 0 aliphatic carbocycles. The van der Waals surface area contributed by atoms with E-state index in [1.54, 1.807) is 0 Å². The second-order valence-electron chi connectivity index (χ2n) is 5.81. The summed E-state index contributed by atoms with van der Waals surface area (Å²) in [6.07, 6.45) is 2.94. The molecule has 1 N–H and O–H groups in total. The monoisotopic (exact) mass is 408 g/mol. The molecule has 27 heavy (non-hydrogen) atoms. The van der Waals surface area contributed by atoms with Crippen LogP contribution in [0.25, 0.3) is 0 Å². The van der Waals surface area contributed by atoms with Crippen molar-refractivity contribution in [2.24, 2.45) is 0 Å². The highest BCUT2D eigenvalue weighted by Crippen LogP contribution is 2.23. The Bertz CT molecular complexity index is 1110. The number of sulfone groups is 1. The summed E-state index contributed by atoms with van der Waals surface area (Å²) in [5, 5.41) is 2.92. The van der Waals surface area contributed by atoms with E-state index in [0.717, 1.165) is 23.3 Å². The number of rotatable bonds is 5. The van der Waals surface area contributed by atoms with Gasteiger partial charge in [0.1, 0.15) is 0 Å². The van der Waals surface area contributed by atoms with Crippen molar-refractivity contribution in [3.8, 4) is 0 Å². The van der Waals surface area contributed by atoms with Crippen LogP contribution in [0, 0.1) is 11.6 Å². The molecule has 140 valence electrons. The van der Waals surface area contributed by atoms with Gasteiger partial charge in [-0.1, -0.05) is 12.1 Å². The van der Waals surface area contributed by atoms with Crippen molar-refractivity contribution in [3.05, 3.63) is 76.3 Å². The Labute approximate surface area is 158 Å². The first-order chi connectivity index (χ1) is 12.7. The van der Waals surface area contributed by atoms with Crippen LogP contribution in [0.1, 0.15) is 20.8 Å². The molecule has 0 saturated carbocycles. The van der Waals surface area contributed by atoms with Gasteiger partial charge in [0.05, 0.1) is 4.90 Å². The maximum absolute atomic E-state index is 13.3. The number of halogens is 2. The fourth-order valence-corrected chi connectivity index (χ4v) is 3.84. The molecule has 3 rings (SSSR count). The van der Waals surface area contributed by atoms with Crippen molar-refractivity contribution in [2.75, 3.05) is 11.6 Å². The number of nitrogens with one attached hydrogen (secondary N) is 1. The molecule has 0 atom stereocenters. The zero-order chi connectivity index (χ0) is 19.6. The van der Waals surface area contributed by atoms with Crippen LogP contribution in [0.3, 0.4) is 0 Å². The summed E-state index contributed by atoms with van der Waals surface area (Å²) in [6, 6.07) is 9.34. The number of nitrogens with zero attached hydrogens (tertiary/aromatic N) is 1. The molecule has 9 heteroatoms. The van der Waals surface area contributed by atoms with Gasteiger partial charge in [-0.25, -0.2) is 22.2 Å². The highest BCUT2D eigenvalue weighted by atomic mass is 32.2. The molecule has 1 heterocycles. The molecule has 0 bridgehead atoms.